The molecule has 1 heterocycles. The topological polar surface area (TPSA) is 75.4 Å². The van der Waals surface area contributed by atoms with Gasteiger partial charge in [0.25, 0.3) is 5.91 Å². The molecule has 3 amide bonds. The minimum absolute atomic E-state index is 0.164. The smallest absolute Gasteiger partial charge is 0.323 e. The molecule has 5 nitrogen and oxygen atoms in total. The summed E-state index contributed by atoms with van der Waals surface area (Å²) in [6.07, 6.45) is 13.0. The second kappa shape index (κ2) is 10.1. The molecule has 0 aliphatic carbocycles. The van der Waals surface area contributed by atoms with Crippen molar-refractivity contribution in [1.29, 1.82) is 0 Å². The number of carbonyl (C=O) groups is 2. The fraction of sp³-hybridized carbons (Fsp3) is 0.900. The van der Waals surface area contributed by atoms with Crippen LogP contribution >= 0.6 is 0 Å². The van der Waals surface area contributed by atoms with Crippen molar-refractivity contribution in [3.63, 3.8) is 0 Å². The molecule has 0 aromatic heterocycles. The van der Waals surface area contributed by atoms with E-state index in [1.165, 1.54) is 49.8 Å². The summed E-state index contributed by atoms with van der Waals surface area (Å²) in [6, 6.07) is -0.338. The molecule has 1 fully saturated rings. The first-order valence-electron chi connectivity index (χ1n) is 10.3. The number of nitrogens with two attached hydrogens (primary N) is 1. The molecule has 0 saturated carbocycles. The summed E-state index contributed by atoms with van der Waals surface area (Å²) < 4.78 is 0. The summed E-state index contributed by atoms with van der Waals surface area (Å²) in [7, 11) is 0. The average Bonchev–Trinajstić information content (AvgIpc) is 2.82. The van der Waals surface area contributed by atoms with Gasteiger partial charge in [0.2, 0.25) is 0 Å². The minimum atomic E-state index is -0.878. The van der Waals surface area contributed by atoms with Gasteiger partial charge in [-0.05, 0) is 26.2 Å². The number of nitrogens with one attached hydrogen (secondary N) is 1. The lowest BCUT2D eigenvalue weighted by atomic mass is 9.92. The van der Waals surface area contributed by atoms with Gasteiger partial charge in [-0.3, -0.25) is 4.79 Å². The van der Waals surface area contributed by atoms with Gasteiger partial charge in [-0.25, -0.2) is 9.69 Å². The zero-order valence-electron chi connectivity index (χ0n) is 16.8. The lowest BCUT2D eigenvalue weighted by Crippen LogP contribution is -2.58. The van der Waals surface area contributed by atoms with Gasteiger partial charge in [-0.15, -0.1) is 0 Å². The van der Waals surface area contributed by atoms with Gasteiger partial charge in [0.1, 0.15) is 11.2 Å². The third-order valence-corrected chi connectivity index (χ3v) is 5.71. The predicted octanol–water partition coefficient (Wildman–Crippen LogP) is 4.69. The number of imide groups is 1. The fourth-order valence-corrected chi connectivity index (χ4v) is 3.61. The quantitative estimate of drug-likeness (QED) is 0.372. The van der Waals surface area contributed by atoms with Crippen LogP contribution in [0.5, 0.6) is 0 Å². The molecule has 1 saturated heterocycles. The molecule has 1 unspecified atom stereocenters. The van der Waals surface area contributed by atoms with E-state index in [1.807, 2.05) is 20.8 Å². The summed E-state index contributed by atoms with van der Waals surface area (Å²) in [5.74, 6) is -0.164. The van der Waals surface area contributed by atoms with E-state index in [4.69, 9.17) is 5.73 Å². The summed E-state index contributed by atoms with van der Waals surface area (Å²) in [5.41, 5.74) is 4.62. The lowest BCUT2D eigenvalue weighted by Gasteiger charge is -2.35. The number of amides is 3. The maximum Gasteiger partial charge on any atom is 0.326 e. The van der Waals surface area contributed by atoms with E-state index < -0.39 is 11.2 Å². The Morgan fingerprint density at radius 3 is 1.88 bits per heavy atom. The molecule has 1 atom stereocenters. The molecule has 0 aromatic carbocycles. The van der Waals surface area contributed by atoms with E-state index in [-0.39, 0.29) is 11.9 Å². The van der Waals surface area contributed by atoms with Gasteiger partial charge in [-0.2, -0.15) is 0 Å². The monoisotopic (exact) mass is 353 g/mol. The van der Waals surface area contributed by atoms with Crippen molar-refractivity contribution in [2.45, 2.75) is 116 Å². The lowest BCUT2D eigenvalue weighted by molar-refractivity contribution is -0.135. The molecule has 25 heavy (non-hydrogen) atoms. The molecule has 1 aliphatic rings. The Kier molecular flexibility index (Phi) is 8.91. The van der Waals surface area contributed by atoms with Crippen molar-refractivity contribution in [2.75, 3.05) is 0 Å². The van der Waals surface area contributed by atoms with Crippen LogP contribution in [0.2, 0.25) is 0 Å². The highest BCUT2D eigenvalue weighted by molar-refractivity contribution is 6.07. The average molecular weight is 354 g/mol. The highest BCUT2D eigenvalue weighted by Gasteiger charge is 2.52. The Morgan fingerprint density at radius 1 is 0.920 bits per heavy atom. The number of urea groups is 1. The molecule has 0 aromatic rings. The Balaban J connectivity index is 2.39. The zero-order valence-corrected chi connectivity index (χ0v) is 16.8. The third kappa shape index (κ3) is 5.70. The molecular formula is C20H39N3O2. The van der Waals surface area contributed by atoms with E-state index >= 15 is 0 Å². The summed E-state index contributed by atoms with van der Waals surface area (Å²) in [5, 5.41) is 2.89. The van der Waals surface area contributed by atoms with E-state index in [9.17, 15) is 9.59 Å². The minimum Gasteiger partial charge on any atom is -0.323 e. The number of hydrogen-bond acceptors (Lipinski definition) is 3. The van der Waals surface area contributed by atoms with E-state index in [0.717, 1.165) is 12.8 Å². The predicted molar refractivity (Wildman–Crippen MR) is 103 cm³/mol. The second-order valence-electron chi connectivity index (χ2n) is 7.79. The number of hydrogen-bond donors (Lipinski definition) is 2. The molecule has 146 valence electrons. The first-order valence-corrected chi connectivity index (χ1v) is 10.3. The van der Waals surface area contributed by atoms with Crippen LogP contribution in [0.3, 0.4) is 0 Å². The van der Waals surface area contributed by atoms with E-state index in [1.54, 1.807) is 0 Å². The Hall–Kier alpha value is -1.10. The van der Waals surface area contributed by atoms with Crippen LogP contribution in [0, 0.1) is 0 Å². The van der Waals surface area contributed by atoms with E-state index in [2.05, 4.69) is 12.2 Å². The molecule has 5 heteroatoms. The van der Waals surface area contributed by atoms with Crippen molar-refractivity contribution in [2.24, 2.45) is 5.73 Å². The van der Waals surface area contributed by atoms with Crippen molar-refractivity contribution in [3.05, 3.63) is 0 Å². The molecule has 0 radical (unpaired) electrons. The zero-order chi connectivity index (χ0) is 18.9. The molecule has 0 bridgehead atoms. The summed E-state index contributed by atoms with van der Waals surface area (Å²) in [6.45, 7) is 7.91. The van der Waals surface area contributed by atoms with Gasteiger partial charge < -0.3 is 11.1 Å². The summed E-state index contributed by atoms with van der Waals surface area (Å²) >= 11 is 0. The number of unbranched alkanes of at least 4 members (excludes halogenated alkanes) is 8. The van der Waals surface area contributed by atoms with Crippen molar-refractivity contribution in [1.82, 2.24) is 10.2 Å². The van der Waals surface area contributed by atoms with Crippen LogP contribution in [-0.4, -0.2) is 28.0 Å². The van der Waals surface area contributed by atoms with Crippen LogP contribution in [-0.2, 0) is 4.79 Å². The molecule has 3 N–H and O–H groups in total. The van der Waals surface area contributed by atoms with Gasteiger partial charge in [-0.1, -0.05) is 78.6 Å². The van der Waals surface area contributed by atoms with Gasteiger partial charge in [0, 0.05) is 0 Å². The SMILES string of the molecule is CCCCCCCCCCCC1(C)NC(=O)N(C(N)(CC)CC)C1=O. The molecule has 1 aliphatic heterocycles. The van der Waals surface area contributed by atoms with Crippen molar-refractivity contribution >= 4 is 11.9 Å². The molecule has 1 rings (SSSR count). The maximum atomic E-state index is 12.8. The van der Waals surface area contributed by atoms with Crippen molar-refractivity contribution in [3.8, 4) is 0 Å². The van der Waals surface area contributed by atoms with Crippen LogP contribution in [0.1, 0.15) is 105 Å². The normalized spacial score (nSPS) is 21.1. The number of rotatable bonds is 13. The van der Waals surface area contributed by atoms with Crippen LogP contribution in [0.25, 0.3) is 0 Å². The van der Waals surface area contributed by atoms with Crippen LogP contribution in [0.15, 0.2) is 0 Å². The van der Waals surface area contributed by atoms with Gasteiger partial charge >= 0.3 is 6.03 Å². The first-order chi connectivity index (χ1) is 11.8. The summed E-state index contributed by atoms with van der Waals surface area (Å²) in [4.78, 5) is 26.4. The van der Waals surface area contributed by atoms with Crippen LogP contribution in [0.4, 0.5) is 4.79 Å². The molecule has 0 spiro atoms. The highest BCUT2D eigenvalue weighted by atomic mass is 16.2. The van der Waals surface area contributed by atoms with Gasteiger partial charge in [0.15, 0.2) is 0 Å². The maximum absolute atomic E-state index is 12.8. The fourth-order valence-electron chi connectivity index (χ4n) is 3.61. The van der Waals surface area contributed by atoms with Crippen LogP contribution < -0.4 is 11.1 Å². The van der Waals surface area contributed by atoms with Gasteiger partial charge in [0.05, 0.1) is 0 Å². The van der Waals surface area contributed by atoms with Crippen molar-refractivity contribution < 1.29 is 9.59 Å². The largest absolute Gasteiger partial charge is 0.326 e. The Morgan fingerprint density at radius 2 is 1.40 bits per heavy atom. The first kappa shape index (κ1) is 21.9. The Labute approximate surface area is 154 Å². The third-order valence-electron chi connectivity index (χ3n) is 5.71. The van der Waals surface area contributed by atoms with E-state index in [0.29, 0.717) is 19.3 Å². The highest BCUT2D eigenvalue weighted by Crippen LogP contribution is 2.30. The standard InChI is InChI=1S/C20H39N3O2/c1-5-8-9-10-11-12-13-14-15-16-19(4)17(24)23(18(25)22-19)20(21,6-2)7-3/h5-16,21H2,1-4H3,(H,22,25). The number of carbonyl (C=O) groups excluding carboxylic acids is 2. The Bertz CT molecular complexity index is 435. The number of nitrogens with zero attached hydrogens (tertiary/aromatic N) is 1. The second-order valence-corrected chi connectivity index (χ2v) is 7.79. The molecular weight excluding hydrogens is 314 g/mol.